The molecule has 3 heterocycles. The Morgan fingerprint density at radius 3 is 2.71 bits per heavy atom. The lowest BCUT2D eigenvalue weighted by atomic mass is 10.0. The molecule has 178 valence electrons. The van der Waals surface area contributed by atoms with E-state index in [1.807, 2.05) is 41.4 Å². The number of hydrogen-bond donors (Lipinski definition) is 1. The summed E-state index contributed by atoms with van der Waals surface area (Å²) < 4.78 is 15.6. The quantitative estimate of drug-likeness (QED) is 0.602. The van der Waals surface area contributed by atoms with Crippen molar-refractivity contribution in [2.24, 2.45) is 16.8 Å². The molecule has 0 bridgehead atoms. The molecule has 2 saturated carbocycles. The molecule has 1 N–H and O–H groups in total. The van der Waals surface area contributed by atoms with Gasteiger partial charge in [0.1, 0.15) is 17.2 Å². The summed E-state index contributed by atoms with van der Waals surface area (Å²) in [5.74, 6) is 0.709. The molecule has 7 heteroatoms. The Hall–Kier alpha value is -3.48. The van der Waals surface area contributed by atoms with E-state index in [4.69, 9.17) is 4.99 Å². The monoisotopic (exact) mass is 470 g/mol. The van der Waals surface area contributed by atoms with Crippen molar-refractivity contribution in [3.8, 4) is 11.1 Å². The van der Waals surface area contributed by atoms with Gasteiger partial charge in [0, 0.05) is 48.2 Å². The Morgan fingerprint density at radius 2 is 1.94 bits per heavy atom. The Kier molecular flexibility index (Phi) is 4.47. The summed E-state index contributed by atoms with van der Waals surface area (Å²) in [4.78, 5) is 37.4. The summed E-state index contributed by atoms with van der Waals surface area (Å²) in [5.41, 5.74) is 2.41. The first kappa shape index (κ1) is 20.9. The fourth-order valence-corrected chi connectivity index (χ4v) is 5.68. The van der Waals surface area contributed by atoms with Gasteiger partial charge in [-0.3, -0.25) is 19.5 Å². The summed E-state index contributed by atoms with van der Waals surface area (Å²) >= 11 is 0. The van der Waals surface area contributed by atoms with E-state index in [1.165, 1.54) is 0 Å². The first-order chi connectivity index (χ1) is 17.0. The van der Waals surface area contributed by atoms with Crippen LogP contribution in [0.15, 0.2) is 53.7 Å². The van der Waals surface area contributed by atoms with E-state index >= 15 is 4.39 Å². The van der Waals surface area contributed by atoms with Gasteiger partial charge in [-0.25, -0.2) is 4.39 Å². The highest BCUT2D eigenvalue weighted by atomic mass is 19.1. The van der Waals surface area contributed by atoms with Crippen molar-refractivity contribution in [3.63, 3.8) is 0 Å². The summed E-state index contributed by atoms with van der Waals surface area (Å²) in [6, 6.07) is 13.2. The van der Waals surface area contributed by atoms with Crippen LogP contribution in [0.4, 0.5) is 4.39 Å². The van der Waals surface area contributed by atoms with Crippen molar-refractivity contribution in [2.75, 3.05) is 19.6 Å². The van der Waals surface area contributed by atoms with Crippen LogP contribution < -0.4 is 0 Å². The number of nitrogens with one attached hydrogen (secondary N) is 1. The molecule has 7 rings (SSSR count). The van der Waals surface area contributed by atoms with Gasteiger partial charge in [-0.2, -0.15) is 0 Å². The summed E-state index contributed by atoms with van der Waals surface area (Å²) in [6.07, 6.45) is 6.20. The van der Waals surface area contributed by atoms with Crippen molar-refractivity contribution < 1.29 is 14.0 Å². The molecule has 1 unspecified atom stereocenters. The highest BCUT2D eigenvalue weighted by Crippen LogP contribution is 2.46. The Balaban J connectivity index is 1.17. The van der Waals surface area contributed by atoms with Crippen LogP contribution in [-0.2, 0) is 9.59 Å². The second-order valence-corrected chi connectivity index (χ2v) is 10.5. The second kappa shape index (κ2) is 7.51. The number of amidine groups is 1. The smallest absolute Gasteiger partial charge is 0.256 e. The normalized spacial score (nSPS) is 22.9. The Labute approximate surface area is 202 Å². The number of amides is 2. The molecule has 3 aromatic rings. The molecule has 2 aromatic carbocycles. The lowest BCUT2D eigenvalue weighted by Crippen LogP contribution is -2.41. The van der Waals surface area contributed by atoms with Gasteiger partial charge in [-0.15, -0.1) is 0 Å². The van der Waals surface area contributed by atoms with Crippen LogP contribution in [0.3, 0.4) is 0 Å². The van der Waals surface area contributed by atoms with E-state index in [9.17, 15) is 9.59 Å². The predicted octanol–water partition coefficient (Wildman–Crippen LogP) is 4.35. The molecule has 3 fully saturated rings. The summed E-state index contributed by atoms with van der Waals surface area (Å²) in [7, 11) is 0. The van der Waals surface area contributed by atoms with Gasteiger partial charge in [0.2, 0.25) is 5.91 Å². The standard InChI is InChI=1S/C28H27FN4O2/c29-23-13-19(22-14-30-24-4-2-1-3-20(22)24)7-8-21(23)25-31-28(10-11-28)27(35)33(25)16-17-9-12-32(15-17)26(34)18-5-6-18/h1-4,7-8,13-14,17-18,30H,5-6,9-12,15-16H2. The zero-order valence-electron chi connectivity index (χ0n) is 19.5. The zero-order valence-corrected chi connectivity index (χ0v) is 19.5. The minimum Gasteiger partial charge on any atom is -0.361 e. The SMILES string of the molecule is O=C(C1CC1)N1CCC(CN2C(=O)C3(CC3)N=C2c2ccc(-c3c[nH]c4ccccc34)cc2F)C1. The number of para-hydroxylation sites is 1. The molecule has 2 aliphatic carbocycles. The fourth-order valence-electron chi connectivity index (χ4n) is 5.68. The van der Waals surface area contributed by atoms with Gasteiger partial charge in [0.05, 0.1) is 5.56 Å². The second-order valence-electron chi connectivity index (χ2n) is 10.5. The number of carbonyl (C=O) groups excluding carboxylic acids is 2. The minimum atomic E-state index is -0.695. The largest absolute Gasteiger partial charge is 0.361 e. The van der Waals surface area contributed by atoms with Gasteiger partial charge in [-0.1, -0.05) is 24.3 Å². The zero-order chi connectivity index (χ0) is 23.7. The van der Waals surface area contributed by atoms with E-state index < -0.39 is 5.54 Å². The number of aliphatic imine (C=N–C) groups is 1. The van der Waals surface area contributed by atoms with Crippen LogP contribution in [0.25, 0.3) is 22.0 Å². The third-order valence-electron chi connectivity index (χ3n) is 8.02. The molecule has 1 atom stereocenters. The van der Waals surface area contributed by atoms with Crippen LogP contribution in [0.2, 0.25) is 0 Å². The molecule has 2 aliphatic heterocycles. The number of aromatic amines is 1. The van der Waals surface area contributed by atoms with Crippen molar-refractivity contribution in [1.82, 2.24) is 14.8 Å². The third-order valence-corrected chi connectivity index (χ3v) is 8.02. The molecule has 1 aromatic heterocycles. The predicted molar refractivity (Wildman–Crippen MR) is 131 cm³/mol. The number of nitrogens with zero attached hydrogens (tertiary/aromatic N) is 3. The molecule has 6 nitrogen and oxygen atoms in total. The maximum absolute atomic E-state index is 15.6. The number of fused-ring (bicyclic) bond motifs is 1. The molecular weight excluding hydrogens is 443 g/mol. The molecular formula is C28H27FN4O2. The fraction of sp³-hybridized carbons (Fsp3) is 0.393. The number of likely N-dealkylation sites (tertiary alicyclic amines) is 1. The lowest BCUT2D eigenvalue weighted by Gasteiger charge is -2.24. The topological polar surface area (TPSA) is 68.8 Å². The molecule has 35 heavy (non-hydrogen) atoms. The van der Waals surface area contributed by atoms with Gasteiger partial charge in [0.25, 0.3) is 5.91 Å². The van der Waals surface area contributed by atoms with Crippen molar-refractivity contribution in [2.45, 2.75) is 37.6 Å². The van der Waals surface area contributed by atoms with Crippen LogP contribution in [0.1, 0.15) is 37.7 Å². The Morgan fingerprint density at radius 1 is 1.11 bits per heavy atom. The maximum Gasteiger partial charge on any atom is 0.256 e. The number of hydrogen-bond acceptors (Lipinski definition) is 3. The van der Waals surface area contributed by atoms with Crippen molar-refractivity contribution in [3.05, 3.63) is 60.0 Å². The third kappa shape index (κ3) is 3.39. The number of halogens is 1. The van der Waals surface area contributed by atoms with Crippen LogP contribution in [0, 0.1) is 17.7 Å². The van der Waals surface area contributed by atoms with E-state index in [2.05, 4.69) is 4.98 Å². The van der Waals surface area contributed by atoms with E-state index in [1.54, 1.807) is 17.0 Å². The number of aromatic nitrogens is 1. The summed E-state index contributed by atoms with van der Waals surface area (Å²) in [5, 5.41) is 1.04. The van der Waals surface area contributed by atoms with Crippen LogP contribution in [0.5, 0.6) is 0 Å². The number of benzene rings is 2. The highest BCUT2D eigenvalue weighted by Gasteiger charge is 2.58. The van der Waals surface area contributed by atoms with Gasteiger partial charge in [0.15, 0.2) is 0 Å². The van der Waals surface area contributed by atoms with Gasteiger partial charge in [-0.05, 0) is 61.8 Å². The molecule has 1 saturated heterocycles. The molecule has 2 amide bonds. The number of rotatable bonds is 5. The summed E-state index contributed by atoms with van der Waals surface area (Å²) in [6.45, 7) is 1.90. The molecule has 1 spiro atoms. The van der Waals surface area contributed by atoms with Crippen LogP contribution >= 0.6 is 0 Å². The first-order valence-electron chi connectivity index (χ1n) is 12.6. The first-order valence-corrected chi connectivity index (χ1v) is 12.6. The van der Waals surface area contributed by atoms with E-state index in [0.29, 0.717) is 24.5 Å². The van der Waals surface area contributed by atoms with E-state index in [0.717, 1.165) is 60.7 Å². The maximum atomic E-state index is 15.6. The molecule has 4 aliphatic rings. The van der Waals surface area contributed by atoms with Crippen molar-refractivity contribution in [1.29, 1.82) is 0 Å². The van der Waals surface area contributed by atoms with Crippen molar-refractivity contribution >= 4 is 28.6 Å². The Bertz CT molecular complexity index is 1400. The average molecular weight is 471 g/mol. The van der Waals surface area contributed by atoms with E-state index in [-0.39, 0.29) is 29.5 Å². The highest BCUT2D eigenvalue weighted by molar-refractivity contribution is 6.16. The van der Waals surface area contributed by atoms with Crippen LogP contribution in [-0.4, -0.2) is 57.6 Å². The molecule has 0 radical (unpaired) electrons. The minimum absolute atomic E-state index is 0.0143. The average Bonchev–Trinajstić information content (AvgIpc) is 3.75. The van der Waals surface area contributed by atoms with Gasteiger partial charge < -0.3 is 9.88 Å². The van der Waals surface area contributed by atoms with Gasteiger partial charge >= 0.3 is 0 Å². The lowest BCUT2D eigenvalue weighted by molar-refractivity contribution is -0.131. The number of carbonyl (C=O) groups is 2. The number of H-pyrrole nitrogens is 1.